The summed E-state index contributed by atoms with van der Waals surface area (Å²) in [4.78, 5) is 18.2. The van der Waals surface area contributed by atoms with Crippen molar-refractivity contribution < 1.29 is 26.5 Å². The number of furan rings is 1. The lowest BCUT2D eigenvalue weighted by Crippen LogP contribution is -2.25. The molecule has 12 heteroatoms. The molecular formula is C31H26FN5O5S. The summed E-state index contributed by atoms with van der Waals surface area (Å²) in [5, 5.41) is 7.66. The molecule has 1 N–H and O–H groups in total. The summed E-state index contributed by atoms with van der Waals surface area (Å²) in [6.07, 6.45) is 3.26. The smallest absolute Gasteiger partial charge is 0.255 e. The second-order valence-electron chi connectivity index (χ2n) is 10.6. The van der Waals surface area contributed by atoms with E-state index >= 15 is 0 Å². The molecule has 1 amide bonds. The molecule has 5 heterocycles. The maximum atomic E-state index is 14.7. The van der Waals surface area contributed by atoms with Crippen molar-refractivity contribution in [2.75, 3.05) is 24.7 Å². The van der Waals surface area contributed by atoms with Gasteiger partial charge in [-0.1, -0.05) is 17.3 Å². The van der Waals surface area contributed by atoms with Gasteiger partial charge in [-0.3, -0.25) is 9.10 Å². The maximum absolute atomic E-state index is 14.7. The summed E-state index contributed by atoms with van der Waals surface area (Å²) in [6, 6.07) is 13.9. The molecule has 0 unspecified atom stereocenters. The molecule has 6 aromatic rings. The number of nitrogens with one attached hydrogen (secondary N) is 1. The predicted octanol–water partition coefficient (Wildman–Crippen LogP) is 5.53. The van der Waals surface area contributed by atoms with Crippen molar-refractivity contribution in [3.63, 3.8) is 0 Å². The van der Waals surface area contributed by atoms with Crippen LogP contribution in [0.15, 0.2) is 63.7 Å². The highest BCUT2D eigenvalue weighted by Crippen LogP contribution is 2.42. The Morgan fingerprint density at radius 2 is 1.93 bits per heavy atom. The fourth-order valence-corrected chi connectivity index (χ4v) is 6.29. The molecular weight excluding hydrogens is 573 g/mol. The van der Waals surface area contributed by atoms with Crippen LogP contribution >= 0.6 is 0 Å². The summed E-state index contributed by atoms with van der Waals surface area (Å²) >= 11 is 0. The van der Waals surface area contributed by atoms with E-state index in [0.29, 0.717) is 63.2 Å². The molecule has 0 spiro atoms. The highest BCUT2D eigenvalue weighted by atomic mass is 32.2. The monoisotopic (exact) mass is 599 g/mol. The zero-order chi connectivity index (χ0) is 30.2. The van der Waals surface area contributed by atoms with Crippen LogP contribution in [-0.4, -0.2) is 49.4 Å². The number of aromatic nitrogens is 3. The lowest BCUT2D eigenvalue weighted by molar-refractivity contribution is 0.0964. The number of hydrogen-bond acceptors (Lipinski definition) is 7. The van der Waals surface area contributed by atoms with Gasteiger partial charge >= 0.3 is 0 Å². The van der Waals surface area contributed by atoms with Crippen LogP contribution in [0.25, 0.3) is 56.0 Å². The zero-order valence-corrected chi connectivity index (χ0v) is 24.5. The van der Waals surface area contributed by atoms with E-state index in [1.54, 1.807) is 31.2 Å². The molecule has 10 nitrogen and oxygen atoms in total. The van der Waals surface area contributed by atoms with Gasteiger partial charge < -0.3 is 18.8 Å². The van der Waals surface area contributed by atoms with Crippen LogP contribution in [0.3, 0.4) is 0 Å². The van der Waals surface area contributed by atoms with Crippen molar-refractivity contribution in [2.45, 2.75) is 19.9 Å². The number of halogens is 1. The Labute approximate surface area is 245 Å². The number of rotatable bonds is 5. The van der Waals surface area contributed by atoms with Gasteiger partial charge in [-0.15, -0.1) is 0 Å². The number of benzene rings is 2. The van der Waals surface area contributed by atoms with E-state index in [4.69, 9.17) is 13.9 Å². The average Bonchev–Trinajstić information content (AvgIpc) is 3.69. The number of carbonyl (C=O) groups is 1. The molecule has 0 saturated carbocycles. The van der Waals surface area contributed by atoms with Crippen LogP contribution in [0.5, 0.6) is 0 Å². The largest absolute Gasteiger partial charge is 0.453 e. The van der Waals surface area contributed by atoms with Gasteiger partial charge in [0.25, 0.3) is 5.91 Å². The fourth-order valence-electron chi connectivity index (χ4n) is 5.78. The molecule has 1 aliphatic rings. The second-order valence-corrected chi connectivity index (χ2v) is 12.6. The molecule has 218 valence electrons. The molecule has 43 heavy (non-hydrogen) atoms. The lowest BCUT2D eigenvalue weighted by atomic mass is 9.99. The van der Waals surface area contributed by atoms with Gasteiger partial charge in [-0.2, -0.15) is 0 Å². The summed E-state index contributed by atoms with van der Waals surface area (Å²) in [5.41, 5.74) is 6.06. The van der Waals surface area contributed by atoms with Crippen LogP contribution in [0, 0.1) is 12.7 Å². The summed E-state index contributed by atoms with van der Waals surface area (Å²) < 4.78 is 54.8. The Morgan fingerprint density at radius 1 is 1.12 bits per heavy atom. The Morgan fingerprint density at radius 3 is 2.65 bits per heavy atom. The quantitative estimate of drug-likeness (QED) is 0.276. The van der Waals surface area contributed by atoms with Crippen LogP contribution in [0.1, 0.15) is 21.5 Å². The van der Waals surface area contributed by atoms with Gasteiger partial charge in [0.15, 0.2) is 11.5 Å². The maximum Gasteiger partial charge on any atom is 0.255 e. The van der Waals surface area contributed by atoms with E-state index in [0.717, 1.165) is 27.3 Å². The first-order valence-electron chi connectivity index (χ1n) is 13.5. The van der Waals surface area contributed by atoms with E-state index < -0.39 is 15.9 Å². The molecule has 0 aliphatic carbocycles. The molecule has 7 rings (SSSR count). The number of hydrogen-bond donors (Lipinski definition) is 1. The third-order valence-corrected chi connectivity index (χ3v) is 9.25. The normalized spacial score (nSPS) is 12.9. The average molecular weight is 600 g/mol. The number of sulfonamides is 1. The van der Waals surface area contributed by atoms with Crippen LogP contribution < -0.4 is 9.62 Å². The highest BCUT2D eigenvalue weighted by molar-refractivity contribution is 7.92. The van der Waals surface area contributed by atoms with Gasteiger partial charge in [-0.05, 0) is 49.2 Å². The highest BCUT2D eigenvalue weighted by Gasteiger charge is 2.29. The number of aryl methyl sites for hydroxylation is 3. The number of amides is 1. The van der Waals surface area contributed by atoms with Gasteiger partial charge in [0, 0.05) is 48.6 Å². The van der Waals surface area contributed by atoms with Gasteiger partial charge in [0.2, 0.25) is 10.0 Å². The van der Waals surface area contributed by atoms with Gasteiger partial charge in [0.05, 0.1) is 40.1 Å². The molecule has 2 aromatic carbocycles. The van der Waals surface area contributed by atoms with E-state index in [1.165, 1.54) is 26.4 Å². The molecule has 0 radical (unpaired) electrons. The van der Waals surface area contributed by atoms with Crippen molar-refractivity contribution in [3.05, 3.63) is 77.3 Å². The minimum atomic E-state index is -3.71. The Hall–Kier alpha value is -4.97. The van der Waals surface area contributed by atoms with Crippen molar-refractivity contribution in [1.29, 1.82) is 0 Å². The van der Waals surface area contributed by atoms with Gasteiger partial charge in [0.1, 0.15) is 17.7 Å². The summed E-state index contributed by atoms with van der Waals surface area (Å²) in [5.74, 6) is -0.508. The van der Waals surface area contributed by atoms with E-state index in [2.05, 4.69) is 15.0 Å². The third kappa shape index (κ3) is 4.12. The van der Waals surface area contributed by atoms with Gasteiger partial charge in [-0.25, -0.2) is 17.8 Å². The van der Waals surface area contributed by atoms with Crippen molar-refractivity contribution in [3.8, 4) is 34.1 Å². The van der Waals surface area contributed by atoms with E-state index in [1.807, 2.05) is 18.2 Å². The first-order valence-corrected chi connectivity index (χ1v) is 15.4. The number of nitrogens with zero attached hydrogens (tertiary/aromatic N) is 4. The molecule has 0 bridgehead atoms. The zero-order valence-electron chi connectivity index (χ0n) is 23.7. The number of anilines is 1. The third-order valence-electron chi connectivity index (χ3n) is 8.05. The SMILES string of the molecule is CNC(=O)c1c(-c2nocc2C)oc2cc(N(C)S(C)(=O)=O)c(-c3ccc4c(n3)-c3cc5c(F)cccc5n3CC4)cc12. The van der Waals surface area contributed by atoms with Crippen LogP contribution in [0.4, 0.5) is 10.1 Å². The number of fused-ring (bicyclic) bond motifs is 6. The number of carbonyl (C=O) groups excluding carboxylic acids is 1. The molecule has 1 aliphatic heterocycles. The second kappa shape index (κ2) is 9.53. The summed E-state index contributed by atoms with van der Waals surface area (Å²) in [7, 11) is -0.743. The topological polar surface area (TPSA) is 123 Å². The first kappa shape index (κ1) is 26.9. The van der Waals surface area contributed by atoms with Crippen LogP contribution in [0.2, 0.25) is 0 Å². The van der Waals surface area contributed by atoms with Crippen molar-refractivity contribution >= 4 is 43.5 Å². The Kier molecular flexibility index (Phi) is 5.96. The van der Waals surface area contributed by atoms with Crippen molar-refractivity contribution in [1.82, 2.24) is 20.0 Å². The molecule has 0 saturated heterocycles. The Bertz CT molecular complexity index is 2230. The molecule has 0 fully saturated rings. The number of pyridine rings is 1. The van der Waals surface area contributed by atoms with E-state index in [9.17, 15) is 17.6 Å². The molecule has 4 aromatic heterocycles. The predicted molar refractivity (Wildman–Crippen MR) is 161 cm³/mol. The van der Waals surface area contributed by atoms with E-state index in [-0.39, 0.29) is 17.1 Å². The Balaban J connectivity index is 1.51. The first-order chi connectivity index (χ1) is 20.6. The van der Waals surface area contributed by atoms with Crippen LogP contribution in [-0.2, 0) is 23.0 Å². The van der Waals surface area contributed by atoms with Crippen molar-refractivity contribution in [2.24, 2.45) is 0 Å². The lowest BCUT2D eigenvalue weighted by Gasteiger charge is -2.23. The minimum absolute atomic E-state index is 0.204. The fraction of sp³-hybridized carbons (Fsp3) is 0.194. The standard InChI is InChI=1S/C31H26FN5O5S/c1-16-15-41-35-28(16)30-27(31(38)33-2)20-12-19(24(14-26(20)42-30)36(3)43(4,39)40)22-9-8-17-10-11-37-23-7-5-6-21(32)18(23)13-25(37)29(17)34-22/h5-9,12-15H,10-11H2,1-4H3,(H,33,38). The summed E-state index contributed by atoms with van der Waals surface area (Å²) in [6.45, 7) is 2.46. The minimum Gasteiger partial charge on any atom is -0.453 e. The molecule has 0 atom stereocenters.